The molecule has 0 aromatic rings. The molecule has 2 atom stereocenters. The second kappa shape index (κ2) is 2.18. The normalized spacial score (nSPS) is 36.7. The number of carbonyl (C=O) groups excluding carboxylic acids is 1. The highest BCUT2D eigenvalue weighted by atomic mass is 16.5. The Labute approximate surface area is 66.2 Å². The third-order valence-corrected chi connectivity index (χ3v) is 2.82. The van der Waals surface area contributed by atoms with Crippen LogP contribution in [0.2, 0.25) is 0 Å². The van der Waals surface area contributed by atoms with E-state index in [1.165, 1.54) is 5.57 Å². The topological polar surface area (TPSA) is 26.3 Å². The average molecular weight is 152 g/mol. The minimum Gasteiger partial charge on any atom is -0.373 e. The Morgan fingerprint density at radius 3 is 2.91 bits per heavy atom. The average Bonchev–Trinajstić information content (AvgIpc) is 2.43. The first-order chi connectivity index (χ1) is 5.20. The van der Waals surface area contributed by atoms with Crippen molar-refractivity contribution in [3.05, 3.63) is 11.1 Å². The SMILES string of the molecule is CC1=C2CO[C@H](C)[C@@H]2CC1=O. The fraction of sp³-hybridized carbons (Fsp3) is 0.667. The number of ether oxygens (including phenoxy) is 1. The summed E-state index contributed by atoms with van der Waals surface area (Å²) in [6.45, 7) is 4.64. The molecule has 0 N–H and O–H groups in total. The highest BCUT2D eigenvalue weighted by Crippen LogP contribution is 2.37. The van der Waals surface area contributed by atoms with E-state index in [9.17, 15) is 4.79 Å². The van der Waals surface area contributed by atoms with Crippen molar-refractivity contribution in [1.29, 1.82) is 0 Å². The lowest BCUT2D eigenvalue weighted by Crippen LogP contribution is -2.11. The van der Waals surface area contributed by atoms with Crippen molar-refractivity contribution >= 4 is 5.78 Å². The summed E-state index contributed by atoms with van der Waals surface area (Å²) in [6, 6.07) is 0. The second-order valence-electron chi connectivity index (χ2n) is 3.40. The van der Waals surface area contributed by atoms with Crippen molar-refractivity contribution in [3.63, 3.8) is 0 Å². The van der Waals surface area contributed by atoms with Gasteiger partial charge in [-0.25, -0.2) is 0 Å². The smallest absolute Gasteiger partial charge is 0.159 e. The standard InChI is InChI=1S/C9H12O2/c1-5-8-4-11-6(2)7(8)3-9(5)10/h6-7H,3-4H2,1-2H3/t6-,7+/m1/s1. The van der Waals surface area contributed by atoms with Crippen LogP contribution in [-0.2, 0) is 9.53 Å². The lowest BCUT2D eigenvalue weighted by molar-refractivity contribution is -0.115. The van der Waals surface area contributed by atoms with Crippen molar-refractivity contribution < 1.29 is 9.53 Å². The summed E-state index contributed by atoms with van der Waals surface area (Å²) in [5, 5.41) is 0. The molecule has 0 unspecified atom stereocenters. The van der Waals surface area contributed by atoms with Gasteiger partial charge in [-0.2, -0.15) is 0 Å². The number of ketones is 1. The van der Waals surface area contributed by atoms with Crippen LogP contribution in [0, 0.1) is 5.92 Å². The molecule has 1 heterocycles. The maximum Gasteiger partial charge on any atom is 0.159 e. The second-order valence-corrected chi connectivity index (χ2v) is 3.40. The Morgan fingerprint density at radius 1 is 1.55 bits per heavy atom. The molecule has 2 heteroatoms. The third kappa shape index (κ3) is 0.857. The van der Waals surface area contributed by atoms with E-state index in [2.05, 4.69) is 0 Å². The van der Waals surface area contributed by atoms with Gasteiger partial charge in [-0.05, 0) is 25.0 Å². The molecule has 2 rings (SSSR count). The van der Waals surface area contributed by atoms with E-state index in [-0.39, 0.29) is 6.10 Å². The Kier molecular flexibility index (Phi) is 1.39. The molecule has 0 amide bonds. The first-order valence-electron chi connectivity index (χ1n) is 4.04. The molecule has 1 aliphatic carbocycles. The van der Waals surface area contributed by atoms with Crippen LogP contribution in [0.15, 0.2) is 11.1 Å². The molecular weight excluding hydrogens is 140 g/mol. The van der Waals surface area contributed by atoms with E-state index < -0.39 is 0 Å². The van der Waals surface area contributed by atoms with Crippen LogP contribution >= 0.6 is 0 Å². The van der Waals surface area contributed by atoms with Crippen molar-refractivity contribution in [2.75, 3.05) is 6.61 Å². The van der Waals surface area contributed by atoms with Crippen LogP contribution in [0.1, 0.15) is 20.3 Å². The number of rotatable bonds is 0. The first kappa shape index (κ1) is 7.04. The molecule has 0 aromatic heterocycles. The molecule has 11 heavy (non-hydrogen) atoms. The fourth-order valence-corrected chi connectivity index (χ4v) is 1.94. The molecule has 0 spiro atoms. The van der Waals surface area contributed by atoms with Gasteiger partial charge in [0.05, 0.1) is 12.7 Å². The molecule has 2 nitrogen and oxygen atoms in total. The molecule has 0 aromatic carbocycles. The number of allylic oxidation sites excluding steroid dienone is 1. The quantitative estimate of drug-likeness (QED) is 0.523. The molecule has 1 aliphatic heterocycles. The predicted octanol–water partition coefficient (Wildman–Crippen LogP) is 1.31. The Morgan fingerprint density at radius 2 is 2.27 bits per heavy atom. The number of carbonyl (C=O) groups is 1. The predicted molar refractivity (Wildman–Crippen MR) is 41.2 cm³/mol. The van der Waals surface area contributed by atoms with Gasteiger partial charge in [0.15, 0.2) is 5.78 Å². The lowest BCUT2D eigenvalue weighted by atomic mass is 9.99. The molecule has 0 radical (unpaired) electrons. The summed E-state index contributed by atoms with van der Waals surface area (Å²) < 4.78 is 5.43. The largest absolute Gasteiger partial charge is 0.373 e. The van der Waals surface area contributed by atoms with Crippen molar-refractivity contribution in [2.24, 2.45) is 5.92 Å². The van der Waals surface area contributed by atoms with Gasteiger partial charge in [0.25, 0.3) is 0 Å². The summed E-state index contributed by atoms with van der Waals surface area (Å²) in [5.41, 5.74) is 2.21. The van der Waals surface area contributed by atoms with Crippen LogP contribution in [0.5, 0.6) is 0 Å². The Bertz CT molecular complexity index is 240. The van der Waals surface area contributed by atoms with Crippen LogP contribution in [0.4, 0.5) is 0 Å². The summed E-state index contributed by atoms with van der Waals surface area (Å²) >= 11 is 0. The Hall–Kier alpha value is -0.630. The highest BCUT2D eigenvalue weighted by molar-refractivity contribution is 5.98. The monoisotopic (exact) mass is 152 g/mol. The number of hydrogen-bond donors (Lipinski definition) is 0. The van der Waals surface area contributed by atoms with Crippen LogP contribution in [0.25, 0.3) is 0 Å². The van der Waals surface area contributed by atoms with E-state index in [1.54, 1.807) is 0 Å². The van der Waals surface area contributed by atoms with Crippen molar-refractivity contribution in [3.8, 4) is 0 Å². The summed E-state index contributed by atoms with van der Waals surface area (Å²) in [6.07, 6.45) is 0.939. The van der Waals surface area contributed by atoms with E-state index in [0.29, 0.717) is 24.7 Å². The van der Waals surface area contributed by atoms with Gasteiger partial charge in [0.1, 0.15) is 0 Å². The maximum atomic E-state index is 11.2. The van der Waals surface area contributed by atoms with E-state index in [1.807, 2.05) is 13.8 Å². The molecule has 2 aliphatic rings. The Balaban J connectivity index is 2.36. The van der Waals surface area contributed by atoms with Gasteiger partial charge in [-0.3, -0.25) is 4.79 Å². The molecule has 0 saturated carbocycles. The number of hydrogen-bond acceptors (Lipinski definition) is 2. The van der Waals surface area contributed by atoms with Gasteiger partial charge in [-0.15, -0.1) is 0 Å². The molecule has 60 valence electrons. The van der Waals surface area contributed by atoms with E-state index in [0.717, 1.165) is 5.57 Å². The van der Waals surface area contributed by atoms with Crippen LogP contribution < -0.4 is 0 Å². The van der Waals surface area contributed by atoms with Crippen LogP contribution in [0.3, 0.4) is 0 Å². The minimum absolute atomic E-state index is 0.256. The first-order valence-corrected chi connectivity index (χ1v) is 4.04. The van der Waals surface area contributed by atoms with Gasteiger partial charge < -0.3 is 4.74 Å². The molecule has 0 bridgehead atoms. The number of fused-ring (bicyclic) bond motifs is 1. The maximum absolute atomic E-state index is 11.2. The minimum atomic E-state index is 0.256. The van der Waals surface area contributed by atoms with Gasteiger partial charge in [0.2, 0.25) is 0 Å². The lowest BCUT2D eigenvalue weighted by Gasteiger charge is -2.07. The fourth-order valence-electron chi connectivity index (χ4n) is 1.94. The van der Waals surface area contributed by atoms with Gasteiger partial charge in [0, 0.05) is 12.3 Å². The molecule has 1 saturated heterocycles. The highest BCUT2D eigenvalue weighted by Gasteiger charge is 2.38. The van der Waals surface area contributed by atoms with Gasteiger partial charge >= 0.3 is 0 Å². The van der Waals surface area contributed by atoms with Gasteiger partial charge in [-0.1, -0.05) is 0 Å². The third-order valence-electron chi connectivity index (χ3n) is 2.82. The zero-order valence-electron chi connectivity index (χ0n) is 6.89. The van der Waals surface area contributed by atoms with E-state index in [4.69, 9.17) is 4.74 Å². The zero-order chi connectivity index (χ0) is 8.01. The summed E-state index contributed by atoms with van der Waals surface area (Å²) in [7, 11) is 0. The molecule has 1 fully saturated rings. The zero-order valence-corrected chi connectivity index (χ0v) is 6.89. The summed E-state index contributed by atoms with van der Waals surface area (Å²) in [4.78, 5) is 11.2. The summed E-state index contributed by atoms with van der Waals surface area (Å²) in [5.74, 6) is 0.725. The van der Waals surface area contributed by atoms with E-state index >= 15 is 0 Å². The molecular formula is C9H12O2. The van der Waals surface area contributed by atoms with Crippen LogP contribution in [-0.4, -0.2) is 18.5 Å². The van der Waals surface area contributed by atoms with Crippen molar-refractivity contribution in [1.82, 2.24) is 0 Å². The number of Topliss-reactive ketones (excluding diaryl/α,β-unsaturated/α-hetero) is 1. The van der Waals surface area contributed by atoms with Crippen molar-refractivity contribution in [2.45, 2.75) is 26.4 Å².